The van der Waals surface area contributed by atoms with Crippen molar-refractivity contribution in [3.05, 3.63) is 29.8 Å². The molecule has 1 rings (SSSR count). The Balaban J connectivity index is 2.97. The number of anilines is 1. The predicted octanol–water partition coefficient (Wildman–Crippen LogP) is 3.67. The quantitative estimate of drug-likeness (QED) is 0.825. The van der Waals surface area contributed by atoms with E-state index in [0.29, 0.717) is 5.56 Å². The molecule has 0 spiro atoms. The molecule has 106 valence electrons. The zero-order chi connectivity index (χ0) is 14.8. The maximum atomic E-state index is 12.3. The molecule has 0 radical (unpaired) electrons. The maximum Gasteiger partial charge on any atom is 0.409 e. The van der Waals surface area contributed by atoms with Gasteiger partial charge in [0.1, 0.15) is 0 Å². The van der Waals surface area contributed by atoms with Crippen LogP contribution < -0.4 is 5.32 Å². The number of nitrogens with one attached hydrogen (secondary N) is 1. The highest BCUT2D eigenvalue weighted by molar-refractivity contribution is 5.93. The minimum absolute atomic E-state index is 0.122. The molecule has 1 N–H and O–H groups in total. The summed E-state index contributed by atoms with van der Waals surface area (Å²) in [5, 5.41) is 1.62. The summed E-state index contributed by atoms with van der Waals surface area (Å²) in [6.45, 7) is 1.58. The van der Waals surface area contributed by atoms with Gasteiger partial charge in [0, 0.05) is 5.69 Å². The van der Waals surface area contributed by atoms with Gasteiger partial charge in [-0.25, -0.2) is 0 Å². The lowest BCUT2D eigenvalue weighted by Gasteiger charge is -2.22. The molecule has 0 saturated carbocycles. The van der Waals surface area contributed by atoms with Crippen LogP contribution in [0.25, 0.3) is 0 Å². The number of hydrogen-bond acceptors (Lipinski definition) is 1. The number of carbonyl (C=O) groups is 1. The van der Waals surface area contributed by atoms with Crippen LogP contribution in [0.3, 0.4) is 0 Å². The maximum absolute atomic E-state index is 12.3. The van der Waals surface area contributed by atoms with Crippen molar-refractivity contribution in [3.8, 4) is 0 Å². The molecule has 2 nitrogen and oxygen atoms in total. The van der Waals surface area contributed by atoms with Crippen molar-refractivity contribution < 1.29 is 31.1 Å². The second-order valence-corrected chi connectivity index (χ2v) is 3.87. The minimum atomic E-state index is -5.69. The molecule has 0 aliphatic carbocycles. The summed E-state index contributed by atoms with van der Waals surface area (Å²) in [6, 6.07) is 5.46. The fourth-order valence-corrected chi connectivity index (χ4v) is 1.42. The lowest BCUT2D eigenvalue weighted by Crippen LogP contribution is -2.45. The first-order valence-electron chi connectivity index (χ1n) is 5.03. The van der Waals surface area contributed by atoms with Crippen LogP contribution in [0.5, 0.6) is 0 Å². The van der Waals surface area contributed by atoms with E-state index >= 15 is 0 Å². The highest BCUT2D eigenvalue weighted by Crippen LogP contribution is 2.39. The first-order valence-corrected chi connectivity index (χ1v) is 5.03. The van der Waals surface area contributed by atoms with Crippen molar-refractivity contribution in [3.63, 3.8) is 0 Å². The third-order valence-electron chi connectivity index (χ3n) is 2.20. The van der Waals surface area contributed by atoms with E-state index in [1.54, 1.807) is 18.3 Å². The summed E-state index contributed by atoms with van der Waals surface area (Å²) in [5.74, 6) is -6.19. The lowest BCUT2D eigenvalue weighted by atomic mass is 10.1. The highest BCUT2D eigenvalue weighted by Gasteiger charge is 2.61. The van der Waals surface area contributed by atoms with E-state index in [1.165, 1.54) is 18.2 Å². The standard InChI is InChI=1S/C11H9F6NO/c1-6-3-2-4-7(5-6)18-9(19)8(10(12,13)14)11(15,16)17/h2-5,8H,1H3,(H,18,19). The van der Waals surface area contributed by atoms with Gasteiger partial charge in [0.25, 0.3) is 0 Å². The van der Waals surface area contributed by atoms with E-state index in [-0.39, 0.29) is 5.69 Å². The van der Waals surface area contributed by atoms with Gasteiger partial charge in [0.05, 0.1) is 0 Å². The third kappa shape index (κ3) is 4.15. The van der Waals surface area contributed by atoms with E-state index < -0.39 is 24.2 Å². The third-order valence-corrected chi connectivity index (χ3v) is 2.20. The Morgan fingerprint density at radius 2 is 1.63 bits per heavy atom. The number of rotatable bonds is 2. The van der Waals surface area contributed by atoms with Crippen molar-refractivity contribution in [1.29, 1.82) is 0 Å². The van der Waals surface area contributed by atoms with Crippen LogP contribution in [-0.4, -0.2) is 18.3 Å². The average molecular weight is 285 g/mol. The molecule has 0 bridgehead atoms. The summed E-state index contributed by atoms with van der Waals surface area (Å²) in [5.41, 5.74) is 0.469. The predicted molar refractivity (Wildman–Crippen MR) is 55.4 cm³/mol. The van der Waals surface area contributed by atoms with Crippen molar-refractivity contribution in [2.45, 2.75) is 19.3 Å². The van der Waals surface area contributed by atoms with Gasteiger partial charge in [0.15, 0.2) is 0 Å². The second-order valence-electron chi connectivity index (χ2n) is 3.87. The van der Waals surface area contributed by atoms with Gasteiger partial charge in [0.2, 0.25) is 11.8 Å². The van der Waals surface area contributed by atoms with Crippen LogP contribution in [0.4, 0.5) is 32.0 Å². The summed E-state index contributed by atoms with van der Waals surface area (Å²) in [6.07, 6.45) is -11.4. The van der Waals surface area contributed by atoms with Gasteiger partial charge >= 0.3 is 12.4 Å². The van der Waals surface area contributed by atoms with Crippen LogP contribution in [0.2, 0.25) is 0 Å². The van der Waals surface area contributed by atoms with Gasteiger partial charge in [-0.2, -0.15) is 26.3 Å². The van der Waals surface area contributed by atoms with Crippen LogP contribution in [0, 0.1) is 12.8 Å². The number of alkyl halides is 6. The number of benzene rings is 1. The fourth-order valence-electron chi connectivity index (χ4n) is 1.42. The van der Waals surface area contributed by atoms with Gasteiger partial charge in [-0.3, -0.25) is 4.79 Å². The molecule has 0 aliphatic rings. The zero-order valence-corrected chi connectivity index (χ0v) is 9.56. The number of hydrogen-bond donors (Lipinski definition) is 1. The summed E-state index contributed by atoms with van der Waals surface area (Å²) < 4.78 is 73.6. The normalized spacial score (nSPS) is 12.6. The molecule has 0 fully saturated rings. The molecule has 0 saturated heterocycles. The monoisotopic (exact) mass is 285 g/mol. The molecule has 0 aromatic heterocycles. The first kappa shape index (κ1) is 15.3. The highest BCUT2D eigenvalue weighted by atomic mass is 19.4. The average Bonchev–Trinajstić information content (AvgIpc) is 2.11. The van der Waals surface area contributed by atoms with E-state index in [9.17, 15) is 31.1 Å². The Morgan fingerprint density at radius 1 is 1.11 bits per heavy atom. The number of carbonyl (C=O) groups excluding carboxylic acids is 1. The van der Waals surface area contributed by atoms with Gasteiger partial charge < -0.3 is 5.32 Å². The molecule has 0 unspecified atom stereocenters. The van der Waals surface area contributed by atoms with Crippen LogP contribution >= 0.6 is 0 Å². The van der Waals surface area contributed by atoms with Gasteiger partial charge in [-0.1, -0.05) is 12.1 Å². The van der Waals surface area contributed by atoms with Crippen LogP contribution in [-0.2, 0) is 4.79 Å². The summed E-state index contributed by atoms with van der Waals surface area (Å²) >= 11 is 0. The second kappa shape index (κ2) is 5.10. The van der Waals surface area contributed by atoms with Crippen LogP contribution in [0.1, 0.15) is 5.56 Å². The van der Waals surface area contributed by atoms with Gasteiger partial charge in [-0.15, -0.1) is 0 Å². The van der Waals surface area contributed by atoms with E-state index in [2.05, 4.69) is 0 Å². The Bertz CT molecular complexity index is 451. The molecule has 1 aromatic rings. The van der Waals surface area contributed by atoms with Crippen molar-refractivity contribution >= 4 is 11.6 Å². The number of amides is 1. The smallest absolute Gasteiger partial charge is 0.325 e. The topological polar surface area (TPSA) is 29.1 Å². The fraction of sp³-hybridized carbons (Fsp3) is 0.364. The van der Waals surface area contributed by atoms with Crippen molar-refractivity contribution in [1.82, 2.24) is 0 Å². The lowest BCUT2D eigenvalue weighted by molar-refractivity contribution is -0.272. The van der Waals surface area contributed by atoms with Crippen LogP contribution in [0.15, 0.2) is 24.3 Å². The SMILES string of the molecule is Cc1cccc(NC(=O)C(C(F)(F)F)C(F)(F)F)c1. The minimum Gasteiger partial charge on any atom is -0.325 e. The molecule has 1 amide bonds. The van der Waals surface area contributed by atoms with E-state index in [4.69, 9.17) is 0 Å². The Labute approximate surface area is 104 Å². The number of aryl methyl sites for hydroxylation is 1. The first-order chi connectivity index (χ1) is 8.51. The number of halogens is 6. The molecular weight excluding hydrogens is 276 g/mol. The summed E-state index contributed by atoms with van der Waals surface area (Å²) in [4.78, 5) is 11.2. The molecule has 1 aromatic carbocycles. The van der Waals surface area contributed by atoms with Crippen molar-refractivity contribution in [2.24, 2.45) is 5.92 Å². The van der Waals surface area contributed by atoms with Crippen molar-refractivity contribution in [2.75, 3.05) is 5.32 Å². The molecular formula is C11H9F6NO. The zero-order valence-electron chi connectivity index (χ0n) is 9.56. The summed E-state index contributed by atoms with van der Waals surface area (Å²) in [7, 11) is 0. The molecule has 0 atom stereocenters. The molecule has 0 heterocycles. The molecule has 19 heavy (non-hydrogen) atoms. The largest absolute Gasteiger partial charge is 0.409 e. The molecule has 0 aliphatic heterocycles. The Kier molecular flexibility index (Phi) is 4.12. The van der Waals surface area contributed by atoms with Gasteiger partial charge in [-0.05, 0) is 24.6 Å². The van der Waals surface area contributed by atoms with E-state index in [1.807, 2.05) is 0 Å². The Morgan fingerprint density at radius 3 is 2.05 bits per heavy atom. The Hall–Kier alpha value is -1.73. The van der Waals surface area contributed by atoms with E-state index in [0.717, 1.165) is 0 Å². The molecule has 8 heteroatoms.